The van der Waals surface area contributed by atoms with Gasteiger partial charge < -0.3 is 10.4 Å². The quantitative estimate of drug-likeness (QED) is 0.665. The maximum Gasteiger partial charge on any atom is 0.325 e. The summed E-state index contributed by atoms with van der Waals surface area (Å²) >= 11 is 11.3. The number of hydrogen-bond acceptors (Lipinski definition) is 3. The van der Waals surface area contributed by atoms with Crippen LogP contribution in [0.15, 0.2) is 9.89 Å². The first-order valence-corrected chi connectivity index (χ1v) is 7.57. The first kappa shape index (κ1) is 14.5. The molecule has 0 aliphatic carbocycles. The van der Waals surface area contributed by atoms with E-state index in [2.05, 4.69) is 53.1 Å². The molecule has 0 saturated carbocycles. The summed E-state index contributed by atoms with van der Waals surface area (Å²) in [6, 6.07) is -0.915. The van der Waals surface area contributed by atoms with E-state index in [-0.39, 0.29) is 10.7 Å². The molecule has 0 saturated heterocycles. The minimum absolute atomic E-state index is 0.231. The van der Waals surface area contributed by atoms with Crippen molar-refractivity contribution in [3.05, 3.63) is 9.89 Å². The highest BCUT2D eigenvalue weighted by Crippen LogP contribution is 2.51. The third-order valence-electron chi connectivity index (χ3n) is 1.94. The Morgan fingerprint density at radius 3 is 2.62 bits per heavy atom. The van der Waals surface area contributed by atoms with Crippen molar-refractivity contribution in [2.75, 3.05) is 0 Å². The zero-order valence-corrected chi connectivity index (χ0v) is 13.6. The van der Waals surface area contributed by atoms with Gasteiger partial charge in [0.2, 0.25) is 5.91 Å². The topological polar surface area (TPSA) is 66.4 Å². The third-order valence-corrected chi connectivity index (χ3v) is 8.16. The maximum absolute atomic E-state index is 11.9. The number of carboxylic acids is 1. The number of thioether (sulfide) groups is 1. The second-order valence-corrected chi connectivity index (χ2v) is 7.88. The molecule has 0 fully saturated rings. The molecule has 1 aliphatic heterocycles. The van der Waals surface area contributed by atoms with Gasteiger partial charge >= 0.3 is 5.97 Å². The van der Waals surface area contributed by atoms with Gasteiger partial charge in [0, 0.05) is 4.48 Å². The van der Waals surface area contributed by atoms with Crippen LogP contribution in [0.5, 0.6) is 0 Å². The lowest BCUT2D eigenvalue weighted by atomic mass is 10.2. The van der Waals surface area contributed by atoms with Crippen LogP contribution >= 0.6 is 59.6 Å². The van der Waals surface area contributed by atoms with Gasteiger partial charge in [0.25, 0.3) is 0 Å². The predicted octanol–water partition coefficient (Wildman–Crippen LogP) is 2.41. The monoisotopic (exact) mass is 435 g/mol. The number of amides is 1. The average molecular weight is 438 g/mol. The molecule has 0 aromatic heterocycles. The standard InChI is InChI=1S/C8H8Br3NO3S/c1-3(6(13)14)12-7(15)8(11)5(10)4(9)2-16-8/h2-3,5H,1H3,(H,12,15)(H,13,14)/t3-,5?,8?/m0/s1. The van der Waals surface area contributed by atoms with Gasteiger partial charge in [0.15, 0.2) is 3.66 Å². The van der Waals surface area contributed by atoms with Crippen LogP contribution in [-0.4, -0.2) is 31.5 Å². The Morgan fingerprint density at radius 2 is 2.25 bits per heavy atom. The molecule has 1 heterocycles. The van der Waals surface area contributed by atoms with Crippen LogP contribution in [0.4, 0.5) is 0 Å². The average Bonchev–Trinajstić information content (AvgIpc) is 2.47. The first-order chi connectivity index (χ1) is 7.29. The first-order valence-electron chi connectivity index (χ1n) is 4.19. The predicted molar refractivity (Wildman–Crippen MR) is 74.2 cm³/mol. The molecular formula is C8H8Br3NO3S. The molecule has 4 nitrogen and oxygen atoms in total. The van der Waals surface area contributed by atoms with E-state index in [1.165, 1.54) is 18.7 Å². The molecule has 2 N–H and O–H groups in total. The number of rotatable bonds is 3. The molecule has 3 atom stereocenters. The molecule has 2 unspecified atom stereocenters. The molecule has 0 radical (unpaired) electrons. The second-order valence-electron chi connectivity index (χ2n) is 3.16. The van der Waals surface area contributed by atoms with Crippen LogP contribution in [-0.2, 0) is 9.59 Å². The number of carboxylic acid groups (broad SMARTS) is 1. The van der Waals surface area contributed by atoms with Crippen LogP contribution in [0.25, 0.3) is 0 Å². The molecule has 16 heavy (non-hydrogen) atoms. The summed E-state index contributed by atoms with van der Waals surface area (Å²) < 4.78 is -0.0669. The molecule has 8 heteroatoms. The van der Waals surface area contributed by atoms with E-state index in [0.717, 1.165) is 4.48 Å². The Hall–Kier alpha value is 0.470. The van der Waals surface area contributed by atoms with Gasteiger partial charge in [-0.25, -0.2) is 0 Å². The highest BCUT2D eigenvalue weighted by atomic mass is 79.9. The summed E-state index contributed by atoms with van der Waals surface area (Å²) in [5, 5.41) is 12.9. The van der Waals surface area contributed by atoms with Crippen molar-refractivity contribution in [2.24, 2.45) is 0 Å². The van der Waals surface area contributed by atoms with Gasteiger partial charge in [-0.05, 0) is 12.3 Å². The molecule has 0 aromatic rings. The third kappa shape index (κ3) is 2.83. The number of hydrogen-bond donors (Lipinski definition) is 2. The summed E-state index contributed by atoms with van der Waals surface area (Å²) in [6.07, 6.45) is 0. The number of allylic oxidation sites excluding steroid dienone is 1. The van der Waals surface area contributed by atoms with Gasteiger partial charge in [0.1, 0.15) is 6.04 Å². The number of carbonyl (C=O) groups is 2. The van der Waals surface area contributed by atoms with Gasteiger partial charge in [-0.2, -0.15) is 0 Å². The van der Waals surface area contributed by atoms with E-state index >= 15 is 0 Å². The van der Waals surface area contributed by atoms with Crippen molar-refractivity contribution in [3.63, 3.8) is 0 Å². The molecule has 1 aliphatic rings. The Balaban J connectivity index is 2.72. The molecular weight excluding hydrogens is 430 g/mol. The van der Waals surface area contributed by atoms with Crippen LogP contribution in [0.3, 0.4) is 0 Å². The lowest BCUT2D eigenvalue weighted by Crippen LogP contribution is -2.49. The second kappa shape index (κ2) is 5.41. The van der Waals surface area contributed by atoms with Crippen LogP contribution in [0, 0.1) is 0 Å². The fraction of sp³-hybridized carbons (Fsp3) is 0.500. The van der Waals surface area contributed by atoms with Crippen molar-refractivity contribution in [1.82, 2.24) is 5.32 Å². The fourth-order valence-electron chi connectivity index (χ4n) is 0.964. The molecule has 0 bridgehead atoms. The Labute approximate surface area is 122 Å². The van der Waals surface area contributed by atoms with E-state index in [1.807, 2.05) is 0 Å². The van der Waals surface area contributed by atoms with Crippen LogP contribution < -0.4 is 5.32 Å². The van der Waals surface area contributed by atoms with E-state index in [0.29, 0.717) is 0 Å². The lowest BCUT2D eigenvalue weighted by Gasteiger charge is -2.25. The number of nitrogens with one attached hydrogen (secondary N) is 1. The van der Waals surface area contributed by atoms with Crippen molar-refractivity contribution in [2.45, 2.75) is 21.4 Å². The van der Waals surface area contributed by atoms with Gasteiger partial charge in [0.05, 0.1) is 4.83 Å². The van der Waals surface area contributed by atoms with Crippen molar-refractivity contribution in [1.29, 1.82) is 0 Å². The Morgan fingerprint density at radius 1 is 1.69 bits per heavy atom. The highest BCUT2D eigenvalue weighted by molar-refractivity contribution is 9.16. The summed E-state index contributed by atoms with van der Waals surface area (Å²) in [7, 11) is 0. The molecule has 90 valence electrons. The molecule has 0 spiro atoms. The molecule has 0 aromatic carbocycles. The number of halogens is 3. The summed E-state index contributed by atoms with van der Waals surface area (Å²) in [5.74, 6) is -1.44. The summed E-state index contributed by atoms with van der Waals surface area (Å²) in [4.78, 5) is 22.3. The van der Waals surface area contributed by atoms with Crippen LogP contribution in [0.1, 0.15) is 6.92 Å². The summed E-state index contributed by atoms with van der Waals surface area (Å²) in [5.41, 5.74) is 0. The zero-order valence-electron chi connectivity index (χ0n) is 8.04. The van der Waals surface area contributed by atoms with Crippen molar-refractivity contribution >= 4 is 71.4 Å². The van der Waals surface area contributed by atoms with E-state index in [4.69, 9.17) is 5.11 Å². The number of alkyl halides is 2. The minimum atomic E-state index is -1.06. The fourth-order valence-corrected chi connectivity index (χ4v) is 4.36. The van der Waals surface area contributed by atoms with Gasteiger partial charge in [-0.1, -0.05) is 47.8 Å². The van der Waals surface area contributed by atoms with Crippen molar-refractivity contribution in [3.8, 4) is 0 Å². The van der Waals surface area contributed by atoms with E-state index in [9.17, 15) is 9.59 Å². The number of aliphatic carboxylic acids is 1. The smallest absolute Gasteiger partial charge is 0.325 e. The Bertz CT molecular complexity index is 362. The largest absolute Gasteiger partial charge is 0.480 e. The van der Waals surface area contributed by atoms with Crippen LogP contribution in [0.2, 0.25) is 0 Å². The SMILES string of the molecule is C[C@H](NC(=O)C1(Br)SC=C(Br)C1Br)C(=O)O. The van der Waals surface area contributed by atoms with E-state index < -0.39 is 15.7 Å². The lowest BCUT2D eigenvalue weighted by molar-refractivity contribution is -0.141. The van der Waals surface area contributed by atoms with E-state index in [1.54, 1.807) is 5.41 Å². The van der Waals surface area contributed by atoms with Gasteiger partial charge in [-0.3, -0.25) is 9.59 Å². The van der Waals surface area contributed by atoms with Crippen molar-refractivity contribution < 1.29 is 14.7 Å². The zero-order chi connectivity index (χ0) is 12.5. The molecule has 1 rings (SSSR count). The molecule has 1 amide bonds. The number of carbonyl (C=O) groups excluding carboxylic acids is 1. The highest BCUT2D eigenvalue weighted by Gasteiger charge is 2.48. The minimum Gasteiger partial charge on any atom is -0.480 e. The normalized spacial score (nSPS) is 30.8. The maximum atomic E-state index is 11.9. The van der Waals surface area contributed by atoms with Gasteiger partial charge in [-0.15, -0.1) is 11.8 Å². The Kier molecular flexibility index (Phi) is 4.91. The summed E-state index contributed by atoms with van der Waals surface area (Å²) in [6.45, 7) is 1.42.